The highest BCUT2D eigenvalue weighted by atomic mass is 35.5. The predicted octanol–water partition coefficient (Wildman–Crippen LogP) is 2.66. The summed E-state index contributed by atoms with van der Waals surface area (Å²) in [6, 6.07) is 0. The fraction of sp³-hybridized carbons (Fsp3) is 0.667. The van der Waals surface area contributed by atoms with E-state index in [1.54, 1.807) is 0 Å². The van der Waals surface area contributed by atoms with Crippen LogP contribution >= 0.6 is 11.6 Å². The number of rotatable bonds is 6. The number of hydrogen-bond acceptors (Lipinski definition) is 4. The molecule has 0 unspecified atom stereocenters. The molecule has 0 fully saturated rings. The average molecular weight is 258 g/mol. The van der Waals surface area contributed by atoms with Gasteiger partial charge in [0.05, 0.1) is 12.1 Å². The smallest absolute Gasteiger partial charge is 0.137 e. The largest absolute Gasteiger partial charge is 0.394 e. The summed E-state index contributed by atoms with van der Waals surface area (Å²) >= 11 is 6.03. The number of nitrogens with zero attached hydrogens (tertiary/aromatic N) is 2. The SMILES string of the molecule is CCc1c(Cl)ncnc1NC(CC)(CC)CO. The number of halogens is 1. The maximum absolute atomic E-state index is 9.53. The standard InChI is InChI=1S/C12H20ClN3O/c1-4-9-10(13)14-8-15-11(9)16-12(5-2,6-3)7-17/h8,17H,4-7H2,1-3H3,(H,14,15,16). The maximum Gasteiger partial charge on any atom is 0.137 e. The van der Waals surface area contributed by atoms with Gasteiger partial charge >= 0.3 is 0 Å². The van der Waals surface area contributed by atoms with Crippen molar-refractivity contribution in [3.63, 3.8) is 0 Å². The number of hydrogen-bond donors (Lipinski definition) is 2. The normalized spacial score (nSPS) is 11.6. The van der Waals surface area contributed by atoms with Crippen LogP contribution in [0.25, 0.3) is 0 Å². The maximum atomic E-state index is 9.53. The second-order valence-electron chi connectivity index (χ2n) is 4.12. The fourth-order valence-corrected chi connectivity index (χ4v) is 2.02. The van der Waals surface area contributed by atoms with Crippen LogP contribution in [0, 0.1) is 0 Å². The van der Waals surface area contributed by atoms with E-state index in [-0.39, 0.29) is 12.1 Å². The van der Waals surface area contributed by atoms with E-state index >= 15 is 0 Å². The van der Waals surface area contributed by atoms with Gasteiger partial charge in [-0.25, -0.2) is 9.97 Å². The molecule has 17 heavy (non-hydrogen) atoms. The first-order valence-corrected chi connectivity index (χ1v) is 6.38. The number of anilines is 1. The van der Waals surface area contributed by atoms with E-state index in [2.05, 4.69) is 15.3 Å². The summed E-state index contributed by atoms with van der Waals surface area (Å²) in [7, 11) is 0. The molecule has 0 saturated carbocycles. The van der Waals surface area contributed by atoms with E-state index in [0.29, 0.717) is 5.15 Å². The van der Waals surface area contributed by atoms with Gasteiger partial charge in [-0.05, 0) is 19.3 Å². The van der Waals surface area contributed by atoms with Gasteiger partial charge in [-0.2, -0.15) is 0 Å². The zero-order valence-electron chi connectivity index (χ0n) is 10.6. The van der Waals surface area contributed by atoms with Crippen molar-refractivity contribution in [3.8, 4) is 0 Å². The minimum Gasteiger partial charge on any atom is -0.394 e. The monoisotopic (exact) mass is 257 g/mol. The first-order chi connectivity index (χ1) is 8.12. The van der Waals surface area contributed by atoms with Crippen molar-refractivity contribution in [2.75, 3.05) is 11.9 Å². The molecule has 0 aliphatic carbocycles. The Kier molecular flexibility index (Phi) is 5.15. The van der Waals surface area contributed by atoms with Crippen LogP contribution in [0.3, 0.4) is 0 Å². The second kappa shape index (κ2) is 6.17. The van der Waals surface area contributed by atoms with Gasteiger partial charge in [0.1, 0.15) is 17.3 Å². The average Bonchev–Trinajstić information content (AvgIpc) is 2.36. The Morgan fingerprint density at radius 3 is 2.41 bits per heavy atom. The molecule has 0 aliphatic heterocycles. The fourth-order valence-electron chi connectivity index (χ4n) is 1.75. The Hall–Kier alpha value is -0.870. The van der Waals surface area contributed by atoms with Gasteiger partial charge in [0.25, 0.3) is 0 Å². The first kappa shape index (κ1) is 14.2. The van der Waals surface area contributed by atoms with Crippen molar-refractivity contribution in [2.24, 2.45) is 0 Å². The Balaban J connectivity index is 3.05. The van der Waals surface area contributed by atoms with E-state index in [0.717, 1.165) is 30.6 Å². The molecular formula is C12H20ClN3O. The molecule has 0 spiro atoms. The highest BCUT2D eigenvalue weighted by Gasteiger charge is 2.26. The highest BCUT2D eigenvalue weighted by molar-refractivity contribution is 6.30. The molecule has 0 bridgehead atoms. The van der Waals surface area contributed by atoms with Crippen LogP contribution in [0.15, 0.2) is 6.33 Å². The van der Waals surface area contributed by atoms with Crippen molar-refractivity contribution in [1.82, 2.24) is 9.97 Å². The summed E-state index contributed by atoms with van der Waals surface area (Å²) in [5.74, 6) is 0.727. The molecular weight excluding hydrogens is 238 g/mol. The van der Waals surface area contributed by atoms with Crippen LogP contribution in [-0.2, 0) is 6.42 Å². The highest BCUT2D eigenvalue weighted by Crippen LogP contribution is 2.26. The van der Waals surface area contributed by atoms with Crippen molar-refractivity contribution in [2.45, 2.75) is 45.6 Å². The number of aliphatic hydroxyl groups excluding tert-OH is 1. The van der Waals surface area contributed by atoms with E-state index < -0.39 is 0 Å². The molecule has 1 aromatic rings. The van der Waals surface area contributed by atoms with Gasteiger partial charge in [-0.15, -0.1) is 0 Å². The quantitative estimate of drug-likeness (QED) is 0.770. The Labute approximate surface area is 107 Å². The van der Waals surface area contributed by atoms with Crippen molar-refractivity contribution in [1.29, 1.82) is 0 Å². The summed E-state index contributed by atoms with van der Waals surface area (Å²) in [6.07, 6.45) is 3.85. The van der Waals surface area contributed by atoms with Crippen LogP contribution in [0.1, 0.15) is 39.2 Å². The first-order valence-electron chi connectivity index (χ1n) is 6.00. The van der Waals surface area contributed by atoms with Gasteiger partial charge in [0.15, 0.2) is 0 Å². The Morgan fingerprint density at radius 2 is 1.94 bits per heavy atom. The lowest BCUT2D eigenvalue weighted by Gasteiger charge is -2.32. The topological polar surface area (TPSA) is 58.0 Å². The predicted molar refractivity (Wildman–Crippen MR) is 70.4 cm³/mol. The molecule has 1 aromatic heterocycles. The molecule has 5 heteroatoms. The van der Waals surface area contributed by atoms with Crippen molar-refractivity contribution >= 4 is 17.4 Å². The molecule has 0 aliphatic rings. The lowest BCUT2D eigenvalue weighted by atomic mass is 9.93. The molecule has 0 amide bonds. The third kappa shape index (κ3) is 3.07. The van der Waals surface area contributed by atoms with Gasteiger partial charge in [0.2, 0.25) is 0 Å². The number of aliphatic hydroxyl groups is 1. The summed E-state index contributed by atoms with van der Waals surface area (Å²) in [5, 5.41) is 13.3. The van der Waals surface area contributed by atoms with Crippen molar-refractivity contribution < 1.29 is 5.11 Å². The molecule has 0 radical (unpaired) electrons. The van der Waals surface area contributed by atoms with Crippen LogP contribution in [-0.4, -0.2) is 27.2 Å². The van der Waals surface area contributed by atoms with Gasteiger partial charge < -0.3 is 10.4 Å². The lowest BCUT2D eigenvalue weighted by molar-refractivity contribution is 0.202. The lowest BCUT2D eigenvalue weighted by Crippen LogP contribution is -2.41. The third-order valence-electron chi connectivity index (χ3n) is 3.29. The number of aromatic nitrogens is 2. The van der Waals surface area contributed by atoms with E-state index in [1.807, 2.05) is 20.8 Å². The van der Waals surface area contributed by atoms with E-state index in [4.69, 9.17) is 11.6 Å². The molecule has 0 aromatic carbocycles. The van der Waals surface area contributed by atoms with E-state index in [9.17, 15) is 5.11 Å². The zero-order valence-corrected chi connectivity index (χ0v) is 11.4. The minimum atomic E-state index is -0.332. The summed E-state index contributed by atoms with van der Waals surface area (Å²) in [5.41, 5.74) is 0.565. The zero-order chi connectivity index (χ0) is 12.9. The van der Waals surface area contributed by atoms with E-state index in [1.165, 1.54) is 6.33 Å². The Bertz CT molecular complexity index is 359. The Morgan fingerprint density at radius 1 is 1.29 bits per heavy atom. The molecule has 2 N–H and O–H groups in total. The van der Waals surface area contributed by atoms with Gasteiger partial charge in [-0.3, -0.25) is 0 Å². The number of nitrogens with one attached hydrogen (secondary N) is 1. The molecule has 0 atom stereocenters. The molecule has 0 saturated heterocycles. The third-order valence-corrected chi connectivity index (χ3v) is 3.61. The van der Waals surface area contributed by atoms with Crippen LogP contribution in [0.4, 0.5) is 5.82 Å². The molecule has 96 valence electrons. The van der Waals surface area contributed by atoms with Gasteiger partial charge in [0, 0.05) is 5.56 Å². The molecule has 1 heterocycles. The minimum absolute atomic E-state index is 0.0742. The molecule has 4 nitrogen and oxygen atoms in total. The van der Waals surface area contributed by atoms with Crippen molar-refractivity contribution in [3.05, 3.63) is 17.0 Å². The summed E-state index contributed by atoms with van der Waals surface area (Å²) in [4.78, 5) is 8.19. The summed E-state index contributed by atoms with van der Waals surface area (Å²) in [6.45, 7) is 6.17. The summed E-state index contributed by atoms with van der Waals surface area (Å²) < 4.78 is 0. The molecule has 1 rings (SSSR count). The second-order valence-corrected chi connectivity index (χ2v) is 4.47. The van der Waals surface area contributed by atoms with Crippen LogP contribution in [0.2, 0.25) is 5.15 Å². The van der Waals surface area contributed by atoms with Gasteiger partial charge in [-0.1, -0.05) is 32.4 Å². The van der Waals surface area contributed by atoms with Crippen LogP contribution < -0.4 is 5.32 Å². The van der Waals surface area contributed by atoms with Crippen LogP contribution in [0.5, 0.6) is 0 Å².